The Balaban J connectivity index is 1.72. The molecule has 2 heterocycles. The molecule has 0 aliphatic heterocycles. The highest BCUT2D eigenvalue weighted by Gasteiger charge is 2.32. The number of nitrogens with one attached hydrogen (secondary N) is 2. The van der Waals surface area contributed by atoms with Crippen LogP contribution >= 0.6 is 0 Å². The summed E-state index contributed by atoms with van der Waals surface area (Å²) in [4.78, 5) is 18.5. The van der Waals surface area contributed by atoms with E-state index in [9.17, 15) is 18.0 Å². The zero-order valence-electron chi connectivity index (χ0n) is 12.5. The quantitative estimate of drug-likeness (QED) is 0.907. The Morgan fingerprint density at radius 1 is 1.39 bits per heavy atom. The van der Waals surface area contributed by atoms with Crippen LogP contribution in [0.3, 0.4) is 0 Å². The van der Waals surface area contributed by atoms with E-state index in [1.165, 1.54) is 12.3 Å². The molecule has 0 aromatic carbocycles. The lowest BCUT2D eigenvalue weighted by molar-refractivity contribution is -0.141. The number of aromatic nitrogens is 2. The molecule has 0 bridgehead atoms. The third-order valence-electron chi connectivity index (χ3n) is 3.79. The van der Waals surface area contributed by atoms with Crippen molar-refractivity contribution in [1.82, 2.24) is 15.3 Å². The van der Waals surface area contributed by atoms with E-state index >= 15 is 0 Å². The van der Waals surface area contributed by atoms with E-state index in [-0.39, 0.29) is 11.9 Å². The van der Waals surface area contributed by atoms with Gasteiger partial charge in [-0.1, -0.05) is 6.07 Å². The average Bonchev–Trinajstić information content (AvgIpc) is 3.22. The topological polar surface area (TPSA) is 57.8 Å². The number of hydrogen-bond donors (Lipinski definition) is 2. The number of nitrogens with zero attached hydrogens (tertiary/aromatic N) is 1. The van der Waals surface area contributed by atoms with Crippen LogP contribution in [0.5, 0.6) is 0 Å². The van der Waals surface area contributed by atoms with Gasteiger partial charge in [-0.15, -0.1) is 0 Å². The van der Waals surface area contributed by atoms with Gasteiger partial charge >= 0.3 is 6.18 Å². The molecule has 23 heavy (non-hydrogen) atoms. The van der Waals surface area contributed by atoms with Gasteiger partial charge in [0.25, 0.3) is 5.91 Å². The molecular weight excluding hydrogens is 307 g/mol. The number of carbonyl (C=O) groups excluding carboxylic acids is 1. The Labute approximate surface area is 131 Å². The number of amides is 1. The Morgan fingerprint density at radius 3 is 2.70 bits per heavy atom. The highest BCUT2D eigenvalue weighted by Crippen LogP contribution is 2.27. The Morgan fingerprint density at radius 2 is 2.13 bits per heavy atom. The molecule has 2 aromatic rings. The van der Waals surface area contributed by atoms with Crippen LogP contribution in [0.15, 0.2) is 24.4 Å². The number of pyridine rings is 1. The molecule has 0 atom stereocenters. The number of aryl methyl sites for hydroxylation is 1. The molecule has 0 saturated heterocycles. The minimum absolute atomic E-state index is 0.146. The third kappa shape index (κ3) is 3.72. The summed E-state index contributed by atoms with van der Waals surface area (Å²) >= 11 is 0. The second-order valence-electron chi connectivity index (χ2n) is 5.81. The third-order valence-corrected chi connectivity index (χ3v) is 3.79. The second kappa shape index (κ2) is 5.72. The van der Waals surface area contributed by atoms with Crippen molar-refractivity contribution in [2.45, 2.75) is 38.4 Å². The molecule has 0 radical (unpaired) electrons. The van der Waals surface area contributed by atoms with E-state index in [1.54, 1.807) is 6.07 Å². The van der Waals surface area contributed by atoms with Crippen molar-refractivity contribution in [3.05, 3.63) is 52.6 Å². The summed E-state index contributed by atoms with van der Waals surface area (Å²) in [5.41, 5.74) is 1.92. The number of aromatic amines is 1. The van der Waals surface area contributed by atoms with E-state index in [0.29, 0.717) is 17.7 Å². The van der Waals surface area contributed by atoms with Crippen molar-refractivity contribution in [2.75, 3.05) is 0 Å². The van der Waals surface area contributed by atoms with Crippen molar-refractivity contribution >= 4 is 5.91 Å². The first-order valence-electron chi connectivity index (χ1n) is 7.34. The minimum Gasteiger partial charge on any atom is -0.354 e. The Bertz CT molecular complexity index is 715. The van der Waals surface area contributed by atoms with Crippen molar-refractivity contribution in [3.63, 3.8) is 0 Å². The van der Waals surface area contributed by atoms with Crippen molar-refractivity contribution in [2.24, 2.45) is 0 Å². The fourth-order valence-electron chi connectivity index (χ4n) is 2.31. The van der Waals surface area contributed by atoms with E-state index in [1.807, 2.05) is 6.92 Å². The highest BCUT2D eigenvalue weighted by molar-refractivity contribution is 5.93. The first-order chi connectivity index (χ1) is 10.8. The summed E-state index contributed by atoms with van der Waals surface area (Å²) in [5, 5.41) is 2.89. The molecule has 1 amide bonds. The van der Waals surface area contributed by atoms with Gasteiger partial charge in [-0.25, -0.2) is 0 Å². The molecule has 2 aromatic heterocycles. The smallest absolute Gasteiger partial charge is 0.354 e. The van der Waals surface area contributed by atoms with E-state index in [4.69, 9.17) is 0 Å². The Hall–Kier alpha value is -2.31. The van der Waals surface area contributed by atoms with Crippen LogP contribution in [0.25, 0.3) is 0 Å². The molecule has 1 fully saturated rings. The SMILES string of the molecule is Cc1[nH]c(C(=O)NC2CC2)cc1Cc1ccc(C(F)(F)F)nc1. The van der Waals surface area contributed by atoms with Crippen LogP contribution < -0.4 is 5.32 Å². The first-order valence-corrected chi connectivity index (χ1v) is 7.34. The molecule has 1 aliphatic carbocycles. The summed E-state index contributed by atoms with van der Waals surface area (Å²) < 4.78 is 37.5. The summed E-state index contributed by atoms with van der Waals surface area (Å²) in [6.45, 7) is 1.83. The van der Waals surface area contributed by atoms with Crippen LogP contribution in [0.1, 0.15) is 45.8 Å². The van der Waals surface area contributed by atoms with Crippen molar-refractivity contribution < 1.29 is 18.0 Å². The second-order valence-corrected chi connectivity index (χ2v) is 5.81. The van der Waals surface area contributed by atoms with Gasteiger partial charge in [0, 0.05) is 24.4 Å². The summed E-state index contributed by atoms with van der Waals surface area (Å²) in [7, 11) is 0. The normalized spacial score (nSPS) is 14.8. The fourth-order valence-corrected chi connectivity index (χ4v) is 2.31. The van der Waals surface area contributed by atoms with Gasteiger partial charge in [0.2, 0.25) is 0 Å². The van der Waals surface area contributed by atoms with Crippen LogP contribution in [0.2, 0.25) is 0 Å². The van der Waals surface area contributed by atoms with Gasteiger partial charge in [-0.05, 0) is 43.0 Å². The maximum absolute atomic E-state index is 12.5. The number of halogens is 3. The molecule has 3 rings (SSSR count). The lowest BCUT2D eigenvalue weighted by atomic mass is 10.1. The van der Waals surface area contributed by atoms with Crippen LogP contribution in [0.4, 0.5) is 13.2 Å². The monoisotopic (exact) mass is 323 g/mol. The molecule has 2 N–H and O–H groups in total. The lowest BCUT2D eigenvalue weighted by Gasteiger charge is -2.06. The number of carbonyl (C=O) groups is 1. The van der Waals surface area contributed by atoms with Crippen LogP contribution in [-0.2, 0) is 12.6 Å². The number of rotatable bonds is 4. The first kappa shape index (κ1) is 15.6. The van der Waals surface area contributed by atoms with Gasteiger partial charge in [-0.2, -0.15) is 13.2 Å². The molecule has 1 saturated carbocycles. The predicted octanol–water partition coefficient (Wildman–Crippen LogP) is 3.22. The van der Waals surface area contributed by atoms with E-state index in [2.05, 4.69) is 15.3 Å². The highest BCUT2D eigenvalue weighted by atomic mass is 19.4. The summed E-state index contributed by atoms with van der Waals surface area (Å²) in [5.74, 6) is -0.146. The fraction of sp³-hybridized carbons (Fsp3) is 0.375. The maximum atomic E-state index is 12.5. The Kier molecular flexibility index (Phi) is 3.87. The van der Waals surface area contributed by atoms with Gasteiger partial charge in [0.15, 0.2) is 0 Å². The molecular formula is C16H16F3N3O. The zero-order chi connectivity index (χ0) is 16.6. The minimum atomic E-state index is -4.43. The van der Waals surface area contributed by atoms with Gasteiger partial charge in [-0.3, -0.25) is 9.78 Å². The molecule has 0 spiro atoms. The van der Waals surface area contributed by atoms with Crippen LogP contribution in [0, 0.1) is 6.92 Å². The van der Waals surface area contributed by atoms with Gasteiger partial charge in [0.1, 0.15) is 11.4 Å². The van der Waals surface area contributed by atoms with Crippen molar-refractivity contribution in [3.8, 4) is 0 Å². The van der Waals surface area contributed by atoms with E-state index < -0.39 is 11.9 Å². The van der Waals surface area contributed by atoms with E-state index in [0.717, 1.165) is 30.2 Å². The molecule has 0 unspecified atom stereocenters. The molecule has 7 heteroatoms. The molecule has 1 aliphatic rings. The zero-order valence-corrected chi connectivity index (χ0v) is 12.5. The number of alkyl halides is 3. The maximum Gasteiger partial charge on any atom is 0.433 e. The number of H-pyrrole nitrogens is 1. The molecule has 122 valence electrons. The predicted molar refractivity (Wildman–Crippen MR) is 78.1 cm³/mol. The van der Waals surface area contributed by atoms with Gasteiger partial charge < -0.3 is 10.3 Å². The van der Waals surface area contributed by atoms with Crippen molar-refractivity contribution in [1.29, 1.82) is 0 Å². The standard InChI is InChI=1S/C16H16F3N3O/c1-9-11(7-13(21-9)15(23)22-12-3-4-12)6-10-2-5-14(20-8-10)16(17,18)19/h2,5,7-8,12,21H,3-4,6H2,1H3,(H,22,23). The number of hydrogen-bond acceptors (Lipinski definition) is 2. The van der Waals surface area contributed by atoms with Crippen LogP contribution in [-0.4, -0.2) is 21.9 Å². The lowest BCUT2D eigenvalue weighted by Crippen LogP contribution is -2.25. The average molecular weight is 323 g/mol. The van der Waals surface area contributed by atoms with Gasteiger partial charge in [0.05, 0.1) is 0 Å². The summed E-state index contributed by atoms with van der Waals surface area (Å²) in [6, 6.07) is 4.39. The molecule has 4 nitrogen and oxygen atoms in total. The summed E-state index contributed by atoms with van der Waals surface area (Å²) in [6.07, 6.45) is -0.773. The largest absolute Gasteiger partial charge is 0.433 e.